The monoisotopic (exact) mass is 224 g/mol. The zero-order valence-electron chi connectivity index (χ0n) is 7.74. The van der Waals surface area contributed by atoms with Crippen LogP contribution < -0.4 is 11.2 Å². The van der Waals surface area contributed by atoms with Gasteiger partial charge in [0.1, 0.15) is 4.70 Å². The second kappa shape index (κ2) is 2.73. The summed E-state index contributed by atoms with van der Waals surface area (Å²) in [4.78, 5) is 26.5. The van der Waals surface area contributed by atoms with Gasteiger partial charge in [-0.15, -0.1) is 11.3 Å². The van der Waals surface area contributed by atoms with Crippen molar-refractivity contribution < 1.29 is 5.21 Å². The third-order valence-corrected chi connectivity index (χ3v) is 4.01. The predicted octanol–water partition coefficient (Wildman–Crippen LogP) is 0.477. The molecule has 5 nitrogen and oxygen atoms in total. The number of H-pyrrole nitrogens is 1. The Bertz CT molecular complexity index is 664. The maximum absolute atomic E-state index is 11.6. The highest BCUT2D eigenvalue weighted by Crippen LogP contribution is 2.33. The largest absolute Gasteiger partial charge is 0.421 e. The SMILES string of the molecule is O=c1[nH]c2c3c(sc2c(=O)n1O)CCC3. The first-order valence-electron chi connectivity index (χ1n) is 4.67. The molecular weight excluding hydrogens is 216 g/mol. The quantitative estimate of drug-likeness (QED) is 0.639. The Balaban J connectivity index is 2.56. The van der Waals surface area contributed by atoms with Gasteiger partial charge in [-0.25, -0.2) is 4.79 Å². The number of aryl methyl sites for hydroxylation is 2. The van der Waals surface area contributed by atoms with Gasteiger partial charge in [-0.2, -0.15) is 0 Å². The molecule has 0 radical (unpaired) electrons. The van der Waals surface area contributed by atoms with E-state index in [-0.39, 0.29) is 4.73 Å². The molecular formula is C9H8N2O3S. The Hall–Kier alpha value is -1.56. The van der Waals surface area contributed by atoms with Gasteiger partial charge in [0.05, 0.1) is 5.52 Å². The van der Waals surface area contributed by atoms with E-state index in [0.717, 1.165) is 29.7 Å². The highest BCUT2D eigenvalue weighted by molar-refractivity contribution is 7.19. The molecule has 0 atom stereocenters. The van der Waals surface area contributed by atoms with E-state index in [1.54, 1.807) is 0 Å². The zero-order valence-corrected chi connectivity index (χ0v) is 8.56. The molecule has 0 aromatic carbocycles. The van der Waals surface area contributed by atoms with Crippen LogP contribution in [0.5, 0.6) is 0 Å². The second-order valence-corrected chi connectivity index (χ2v) is 4.71. The maximum atomic E-state index is 11.6. The number of aromatic amines is 1. The first-order valence-corrected chi connectivity index (χ1v) is 5.49. The van der Waals surface area contributed by atoms with Crippen molar-refractivity contribution in [2.45, 2.75) is 19.3 Å². The number of nitrogens with zero attached hydrogens (tertiary/aromatic N) is 1. The van der Waals surface area contributed by atoms with E-state index in [2.05, 4.69) is 4.98 Å². The van der Waals surface area contributed by atoms with Crippen molar-refractivity contribution in [3.63, 3.8) is 0 Å². The van der Waals surface area contributed by atoms with Crippen LogP contribution in [0.1, 0.15) is 16.9 Å². The van der Waals surface area contributed by atoms with Gasteiger partial charge in [0.15, 0.2) is 0 Å². The third-order valence-electron chi connectivity index (χ3n) is 2.73. The fraction of sp³-hybridized carbons (Fsp3) is 0.333. The van der Waals surface area contributed by atoms with E-state index in [4.69, 9.17) is 5.21 Å². The lowest BCUT2D eigenvalue weighted by Crippen LogP contribution is -2.32. The van der Waals surface area contributed by atoms with Gasteiger partial charge in [0.2, 0.25) is 0 Å². The van der Waals surface area contributed by atoms with E-state index in [0.29, 0.717) is 10.2 Å². The smallest absolute Gasteiger partial charge is 0.362 e. The van der Waals surface area contributed by atoms with Crippen molar-refractivity contribution in [3.05, 3.63) is 31.3 Å². The van der Waals surface area contributed by atoms with Gasteiger partial charge in [0, 0.05) is 4.88 Å². The Morgan fingerprint density at radius 1 is 1.33 bits per heavy atom. The summed E-state index contributed by atoms with van der Waals surface area (Å²) in [6.07, 6.45) is 2.93. The average Bonchev–Trinajstić information content (AvgIpc) is 2.76. The van der Waals surface area contributed by atoms with Crippen LogP contribution in [0.2, 0.25) is 0 Å². The topological polar surface area (TPSA) is 75.1 Å². The number of hydrogen-bond donors (Lipinski definition) is 2. The fourth-order valence-electron chi connectivity index (χ4n) is 2.04. The molecule has 6 heteroatoms. The van der Waals surface area contributed by atoms with E-state index in [9.17, 15) is 9.59 Å². The molecule has 0 spiro atoms. The van der Waals surface area contributed by atoms with Crippen LogP contribution >= 0.6 is 11.3 Å². The van der Waals surface area contributed by atoms with E-state index in [1.807, 2.05) is 0 Å². The molecule has 2 heterocycles. The Morgan fingerprint density at radius 3 is 2.93 bits per heavy atom. The number of nitrogens with one attached hydrogen (secondary N) is 1. The Morgan fingerprint density at radius 2 is 2.13 bits per heavy atom. The molecule has 0 fully saturated rings. The molecule has 0 aliphatic heterocycles. The molecule has 0 bridgehead atoms. The van der Waals surface area contributed by atoms with Gasteiger partial charge in [0.25, 0.3) is 0 Å². The van der Waals surface area contributed by atoms with Crippen LogP contribution in [0.25, 0.3) is 10.2 Å². The van der Waals surface area contributed by atoms with Crippen LogP contribution in [0, 0.1) is 0 Å². The van der Waals surface area contributed by atoms with Crippen molar-refractivity contribution in [1.29, 1.82) is 0 Å². The molecule has 0 saturated heterocycles. The lowest BCUT2D eigenvalue weighted by atomic mass is 10.2. The van der Waals surface area contributed by atoms with E-state index in [1.165, 1.54) is 11.3 Å². The summed E-state index contributed by atoms with van der Waals surface area (Å²) in [5.74, 6) is 0. The molecule has 78 valence electrons. The van der Waals surface area contributed by atoms with E-state index < -0.39 is 11.2 Å². The molecule has 0 saturated carbocycles. The molecule has 15 heavy (non-hydrogen) atoms. The lowest BCUT2D eigenvalue weighted by Gasteiger charge is -1.95. The molecule has 0 amide bonds. The fourth-order valence-corrected chi connectivity index (χ4v) is 3.31. The van der Waals surface area contributed by atoms with Gasteiger partial charge in [-0.05, 0) is 24.8 Å². The van der Waals surface area contributed by atoms with Crippen LogP contribution in [0.4, 0.5) is 0 Å². The summed E-state index contributed by atoms with van der Waals surface area (Å²) in [5.41, 5.74) is 0.311. The van der Waals surface area contributed by atoms with Crippen LogP contribution in [0.15, 0.2) is 9.59 Å². The second-order valence-electron chi connectivity index (χ2n) is 3.61. The zero-order chi connectivity index (χ0) is 10.6. The molecule has 3 rings (SSSR count). The number of aromatic nitrogens is 2. The minimum atomic E-state index is -0.764. The highest BCUT2D eigenvalue weighted by atomic mass is 32.1. The standard InChI is InChI=1S/C9H8N2O3S/c12-8-7-6(10-9(13)11(8)14)4-2-1-3-5(4)15-7/h14H,1-3H2,(H,10,13). The normalized spacial score (nSPS) is 14.7. The van der Waals surface area contributed by atoms with Crippen molar-refractivity contribution in [2.75, 3.05) is 0 Å². The minimum Gasteiger partial charge on any atom is -0.421 e. The summed E-state index contributed by atoms with van der Waals surface area (Å²) in [7, 11) is 0. The van der Waals surface area contributed by atoms with Gasteiger partial charge in [-0.3, -0.25) is 4.79 Å². The molecule has 1 aliphatic rings. The molecule has 0 unspecified atom stereocenters. The van der Waals surface area contributed by atoms with E-state index >= 15 is 0 Å². The van der Waals surface area contributed by atoms with Crippen LogP contribution in [0.3, 0.4) is 0 Å². The van der Waals surface area contributed by atoms with Gasteiger partial charge >= 0.3 is 11.2 Å². The van der Waals surface area contributed by atoms with Crippen molar-refractivity contribution >= 4 is 21.6 Å². The molecule has 2 aromatic heterocycles. The third kappa shape index (κ3) is 1.02. The summed E-state index contributed by atoms with van der Waals surface area (Å²) in [6, 6.07) is 0. The molecule has 1 aliphatic carbocycles. The van der Waals surface area contributed by atoms with Crippen molar-refractivity contribution in [2.24, 2.45) is 0 Å². The van der Waals surface area contributed by atoms with Crippen LogP contribution in [-0.4, -0.2) is 14.9 Å². The minimum absolute atomic E-state index is 0.133. The number of fused-ring (bicyclic) bond motifs is 3. The number of hydrogen-bond acceptors (Lipinski definition) is 4. The number of thiophene rings is 1. The van der Waals surface area contributed by atoms with Crippen molar-refractivity contribution in [3.8, 4) is 0 Å². The Labute approximate surface area is 87.6 Å². The maximum Gasteiger partial charge on any atom is 0.362 e. The summed E-state index contributed by atoms with van der Waals surface area (Å²) < 4.78 is 0.579. The lowest BCUT2D eigenvalue weighted by molar-refractivity contribution is 0.163. The Kier molecular flexibility index (Phi) is 1.59. The summed E-state index contributed by atoms with van der Waals surface area (Å²) >= 11 is 1.37. The number of rotatable bonds is 0. The van der Waals surface area contributed by atoms with Gasteiger partial charge < -0.3 is 10.2 Å². The van der Waals surface area contributed by atoms with Gasteiger partial charge in [-0.1, -0.05) is 4.73 Å². The highest BCUT2D eigenvalue weighted by Gasteiger charge is 2.21. The molecule has 2 N–H and O–H groups in total. The van der Waals surface area contributed by atoms with Crippen LogP contribution in [-0.2, 0) is 12.8 Å². The summed E-state index contributed by atoms with van der Waals surface area (Å²) in [5, 5.41) is 9.16. The first kappa shape index (κ1) is 8.72. The van der Waals surface area contributed by atoms with Crippen molar-refractivity contribution in [1.82, 2.24) is 9.71 Å². The average molecular weight is 224 g/mol. The first-order chi connectivity index (χ1) is 7.18. The predicted molar refractivity (Wildman–Crippen MR) is 55.9 cm³/mol. The molecule has 2 aromatic rings. The summed E-state index contributed by atoms with van der Waals surface area (Å²) in [6.45, 7) is 0.